The number of nitrogens with one attached hydrogen (secondary N) is 2. The van der Waals surface area contributed by atoms with E-state index in [4.69, 9.17) is 4.74 Å². The lowest BCUT2D eigenvalue weighted by Crippen LogP contribution is -2.14. The van der Waals surface area contributed by atoms with Crippen LogP contribution in [0.25, 0.3) is 16.2 Å². The SMILES string of the molecule is CCOc1ccc(S(=O)(=O)Nc2nc3scc(-c4ccc(NC(C)=O)cc4)n3n2)cc1. The minimum atomic E-state index is -3.84. The lowest BCUT2D eigenvalue weighted by Gasteiger charge is -2.06. The van der Waals surface area contributed by atoms with E-state index in [-0.39, 0.29) is 16.8 Å². The smallest absolute Gasteiger partial charge is 0.264 e. The number of anilines is 2. The molecule has 0 atom stereocenters. The Balaban J connectivity index is 1.57. The first-order chi connectivity index (χ1) is 14.9. The van der Waals surface area contributed by atoms with Crippen LogP contribution in [0, 0.1) is 0 Å². The molecule has 0 unspecified atom stereocenters. The molecule has 31 heavy (non-hydrogen) atoms. The number of hydrogen-bond donors (Lipinski definition) is 2. The normalized spacial score (nSPS) is 11.4. The summed E-state index contributed by atoms with van der Waals surface area (Å²) in [5.74, 6) is 0.430. The Morgan fingerprint density at radius 2 is 1.84 bits per heavy atom. The molecule has 0 aliphatic carbocycles. The Hall–Kier alpha value is -3.44. The molecule has 0 spiro atoms. The summed E-state index contributed by atoms with van der Waals surface area (Å²) < 4.78 is 34.7. The van der Waals surface area contributed by atoms with Crippen LogP contribution in [0.4, 0.5) is 11.6 Å². The number of hydrogen-bond acceptors (Lipinski definition) is 7. The summed E-state index contributed by atoms with van der Waals surface area (Å²) in [6, 6.07) is 13.4. The lowest BCUT2D eigenvalue weighted by molar-refractivity contribution is -0.114. The van der Waals surface area contributed by atoms with E-state index < -0.39 is 10.0 Å². The van der Waals surface area contributed by atoms with Gasteiger partial charge in [-0.25, -0.2) is 17.7 Å². The number of aromatic nitrogens is 3. The molecular weight excluding hydrogens is 438 g/mol. The summed E-state index contributed by atoms with van der Waals surface area (Å²) in [5, 5.41) is 8.91. The molecule has 2 aromatic carbocycles. The van der Waals surface area contributed by atoms with Gasteiger partial charge in [-0.2, -0.15) is 4.98 Å². The summed E-state index contributed by atoms with van der Waals surface area (Å²) in [6.07, 6.45) is 0. The number of rotatable bonds is 7. The van der Waals surface area contributed by atoms with Crippen molar-refractivity contribution < 1.29 is 17.9 Å². The van der Waals surface area contributed by atoms with Crippen LogP contribution in [0.3, 0.4) is 0 Å². The van der Waals surface area contributed by atoms with Crippen LogP contribution in [0.2, 0.25) is 0 Å². The minimum absolute atomic E-state index is 0.0168. The molecule has 11 heteroatoms. The second-order valence-corrected chi connectivity index (χ2v) is 9.04. The standard InChI is InChI=1S/C20H19N5O4S2/c1-3-29-16-8-10-17(11-9-16)31(27,28)24-19-22-20-25(23-19)18(12-30-20)14-4-6-15(7-5-14)21-13(2)26/h4-12H,3H2,1-2H3,(H,21,26)(H,23,24). The van der Waals surface area contributed by atoms with Gasteiger partial charge in [-0.15, -0.1) is 16.4 Å². The molecule has 0 aliphatic rings. The molecule has 2 N–H and O–H groups in total. The van der Waals surface area contributed by atoms with E-state index >= 15 is 0 Å². The maximum atomic E-state index is 12.7. The highest BCUT2D eigenvalue weighted by atomic mass is 32.2. The first kappa shape index (κ1) is 20.8. The molecule has 4 rings (SSSR count). The average molecular weight is 458 g/mol. The number of sulfonamides is 1. The summed E-state index contributed by atoms with van der Waals surface area (Å²) in [5.41, 5.74) is 2.30. The third kappa shape index (κ3) is 4.52. The van der Waals surface area contributed by atoms with Crippen molar-refractivity contribution >= 4 is 43.9 Å². The van der Waals surface area contributed by atoms with Crippen molar-refractivity contribution in [2.75, 3.05) is 16.6 Å². The predicted molar refractivity (Wildman–Crippen MR) is 119 cm³/mol. The van der Waals surface area contributed by atoms with E-state index in [1.54, 1.807) is 28.8 Å². The van der Waals surface area contributed by atoms with Crippen molar-refractivity contribution in [3.63, 3.8) is 0 Å². The van der Waals surface area contributed by atoms with E-state index in [1.807, 2.05) is 24.4 Å². The molecule has 0 saturated carbocycles. The summed E-state index contributed by atoms with van der Waals surface area (Å²) in [6.45, 7) is 3.80. The first-order valence-corrected chi connectivity index (χ1v) is 11.7. The van der Waals surface area contributed by atoms with E-state index in [0.29, 0.717) is 23.0 Å². The van der Waals surface area contributed by atoms with Gasteiger partial charge >= 0.3 is 0 Å². The van der Waals surface area contributed by atoms with Crippen molar-refractivity contribution in [2.45, 2.75) is 18.7 Å². The van der Waals surface area contributed by atoms with E-state index in [0.717, 1.165) is 11.3 Å². The fourth-order valence-electron chi connectivity index (χ4n) is 2.91. The van der Waals surface area contributed by atoms with Gasteiger partial charge in [0.15, 0.2) is 0 Å². The highest BCUT2D eigenvalue weighted by Crippen LogP contribution is 2.27. The van der Waals surface area contributed by atoms with Gasteiger partial charge in [0.2, 0.25) is 10.9 Å². The van der Waals surface area contributed by atoms with E-state index in [2.05, 4.69) is 20.1 Å². The number of carbonyl (C=O) groups is 1. The molecule has 2 aromatic heterocycles. The highest BCUT2D eigenvalue weighted by Gasteiger charge is 2.19. The fourth-order valence-corrected chi connectivity index (χ4v) is 4.68. The number of amides is 1. The zero-order valence-corrected chi connectivity index (χ0v) is 18.3. The Morgan fingerprint density at radius 3 is 2.48 bits per heavy atom. The number of ether oxygens (including phenoxy) is 1. The van der Waals surface area contributed by atoms with Crippen LogP contribution in [-0.2, 0) is 14.8 Å². The Labute approximate surface area is 182 Å². The Bertz CT molecular complexity index is 1330. The summed E-state index contributed by atoms with van der Waals surface area (Å²) in [4.78, 5) is 16.1. The topological polar surface area (TPSA) is 115 Å². The number of nitrogens with zero attached hydrogens (tertiary/aromatic N) is 3. The first-order valence-electron chi connectivity index (χ1n) is 9.33. The van der Waals surface area contributed by atoms with Gasteiger partial charge in [0.05, 0.1) is 17.2 Å². The summed E-state index contributed by atoms with van der Waals surface area (Å²) >= 11 is 1.34. The zero-order chi connectivity index (χ0) is 22.0. The van der Waals surface area contributed by atoms with Crippen LogP contribution >= 0.6 is 11.3 Å². The second kappa shape index (κ2) is 8.36. The molecule has 0 aliphatic heterocycles. The van der Waals surface area contributed by atoms with Gasteiger partial charge < -0.3 is 10.1 Å². The van der Waals surface area contributed by atoms with Crippen LogP contribution < -0.4 is 14.8 Å². The van der Waals surface area contributed by atoms with Gasteiger partial charge in [0, 0.05) is 23.6 Å². The van der Waals surface area contributed by atoms with Gasteiger partial charge in [-0.3, -0.25) is 4.79 Å². The van der Waals surface area contributed by atoms with E-state index in [9.17, 15) is 13.2 Å². The maximum absolute atomic E-state index is 12.7. The van der Waals surface area contributed by atoms with Crippen LogP contribution in [-0.4, -0.2) is 35.5 Å². The largest absolute Gasteiger partial charge is 0.494 e. The van der Waals surface area contributed by atoms with E-state index in [1.165, 1.54) is 30.4 Å². The van der Waals surface area contributed by atoms with Crippen molar-refractivity contribution in [2.24, 2.45) is 0 Å². The lowest BCUT2D eigenvalue weighted by atomic mass is 10.1. The van der Waals surface area contributed by atoms with Crippen LogP contribution in [0.1, 0.15) is 13.8 Å². The number of carbonyl (C=O) groups excluding carboxylic acids is 1. The molecule has 4 aromatic rings. The van der Waals surface area contributed by atoms with Crippen molar-refractivity contribution in [1.29, 1.82) is 0 Å². The third-order valence-electron chi connectivity index (χ3n) is 4.25. The third-order valence-corrected chi connectivity index (χ3v) is 6.41. The van der Waals surface area contributed by atoms with Crippen molar-refractivity contribution in [1.82, 2.24) is 14.6 Å². The number of thiazole rings is 1. The molecule has 0 saturated heterocycles. The van der Waals surface area contributed by atoms with Crippen molar-refractivity contribution in [3.8, 4) is 17.0 Å². The second-order valence-electron chi connectivity index (χ2n) is 6.52. The van der Waals surface area contributed by atoms with Crippen LogP contribution in [0.15, 0.2) is 58.8 Å². The predicted octanol–water partition coefficient (Wildman–Crippen LogP) is 3.62. The minimum Gasteiger partial charge on any atom is -0.494 e. The zero-order valence-electron chi connectivity index (χ0n) is 16.7. The van der Waals surface area contributed by atoms with Gasteiger partial charge in [-0.05, 0) is 43.3 Å². The number of benzene rings is 2. The van der Waals surface area contributed by atoms with Crippen molar-refractivity contribution in [3.05, 3.63) is 53.9 Å². The molecule has 0 radical (unpaired) electrons. The quantitative estimate of drug-likeness (QED) is 0.438. The molecule has 0 fully saturated rings. The fraction of sp³-hybridized carbons (Fsp3) is 0.150. The molecule has 160 valence electrons. The molecule has 2 heterocycles. The molecular formula is C20H19N5O4S2. The van der Waals surface area contributed by atoms with Crippen LogP contribution in [0.5, 0.6) is 5.75 Å². The highest BCUT2D eigenvalue weighted by molar-refractivity contribution is 7.92. The summed E-state index contributed by atoms with van der Waals surface area (Å²) in [7, 11) is -3.84. The molecule has 1 amide bonds. The Kier molecular flexibility index (Phi) is 5.61. The van der Waals surface area contributed by atoms with Gasteiger partial charge in [0.1, 0.15) is 5.75 Å². The Morgan fingerprint density at radius 1 is 1.13 bits per heavy atom. The maximum Gasteiger partial charge on any atom is 0.264 e. The molecule has 0 bridgehead atoms. The van der Waals surface area contributed by atoms with Gasteiger partial charge in [0.25, 0.3) is 16.0 Å². The van der Waals surface area contributed by atoms with Gasteiger partial charge in [-0.1, -0.05) is 12.1 Å². The number of fused-ring (bicyclic) bond motifs is 1. The monoisotopic (exact) mass is 457 g/mol. The average Bonchev–Trinajstić information content (AvgIpc) is 3.28. The molecule has 9 nitrogen and oxygen atoms in total.